The molecule has 55 heavy (non-hydrogen) atoms. The summed E-state index contributed by atoms with van der Waals surface area (Å²) in [4.78, 5) is 49.7. The fraction of sp³-hybridized carbons (Fsp3) is 0.750. The number of ether oxygens (including phenoxy) is 2. The van der Waals surface area contributed by atoms with Crippen molar-refractivity contribution in [3.05, 3.63) is 48.6 Å². The first-order chi connectivity index (χ1) is 26.4. The molecule has 0 aliphatic rings. The molecule has 0 aromatic rings. The Morgan fingerprint density at radius 1 is 0.618 bits per heavy atom. The van der Waals surface area contributed by atoms with Gasteiger partial charge in [0.05, 0.1) is 27.7 Å². The minimum Gasteiger partial charge on any atom is -0.756 e. The van der Waals surface area contributed by atoms with Gasteiger partial charge in [-0.2, -0.15) is 0 Å². The van der Waals surface area contributed by atoms with Gasteiger partial charge in [-0.3, -0.25) is 18.9 Å². The second kappa shape index (κ2) is 36.0. The molecule has 0 aliphatic heterocycles. The zero-order valence-corrected chi connectivity index (χ0v) is 36.3. The number of rotatable bonds is 38. The summed E-state index contributed by atoms with van der Waals surface area (Å²) in [6.07, 6.45) is 37.1. The van der Waals surface area contributed by atoms with E-state index in [-0.39, 0.29) is 44.7 Å². The van der Waals surface area contributed by atoms with Crippen LogP contribution < -0.4 is 4.89 Å². The van der Waals surface area contributed by atoms with Crippen molar-refractivity contribution in [1.29, 1.82) is 0 Å². The van der Waals surface area contributed by atoms with E-state index in [9.17, 15) is 23.8 Å². The second-order valence-electron chi connectivity index (χ2n) is 15.4. The lowest BCUT2D eigenvalue weighted by Crippen LogP contribution is -2.37. The first-order valence-electron chi connectivity index (χ1n) is 21.3. The molecule has 10 nitrogen and oxygen atoms in total. The molecule has 0 fully saturated rings. The summed E-state index contributed by atoms with van der Waals surface area (Å²) < 4.78 is 33.6. The van der Waals surface area contributed by atoms with Gasteiger partial charge >= 0.3 is 11.9 Å². The van der Waals surface area contributed by atoms with Gasteiger partial charge in [0.1, 0.15) is 19.8 Å². The number of allylic oxidation sites excluding steroid dienone is 8. The Morgan fingerprint density at radius 2 is 1.16 bits per heavy atom. The number of likely N-dealkylation sites (N-methyl/N-ethyl adjacent to an activating group) is 1. The van der Waals surface area contributed by atoms with Crippen LogP contribution in [0.1, 0.15) is 162 Å². The van der Waals surface area contributed by atoms with Crippen LogP contribution in [0, 0.1) is 0 Å². The number of hydrogen-bond donors (Lipinski definition) is 0. The summed E-state index contributed by atoms with van der Waals surface area (Å²) in [6.45, 7) is 3.90. The van der Waals surface area contributed by atoms with E-state index in [2.05, 4.69) is 38.2 Å². The summed E-state index contributed by atoms with van der Waals surface area (Å²) in [5, 5.41) is 0. The third-order valence-corrected chi connectivity index (χ3v) is 9.79. The maximum Gasteiger partial charge on any atom is 0.306 e. The molecular weight excluding hydrogens is 717 g/mol. The van der Waals surface area contributed by atoms with E-state index in [0.29, 0.717) is 17.4 Å². The predicted octanol–water partition coefficient (Wildman–Crippen LogP) is 10.5. The van der Waals surface area contributed by atoms with Crippen molar-refractivity contribution < 1.29 is 46.8 Å². The Labute approximate surface area is 335 Å². The summed E-state index contributed by atoms with van der Waals surface area (Å²) in [6, 6.07) is 0. The van der Waals surface area contributed by atoms with Crippen molar-refractivity contribution in [2.75, 3.05) is 47.5 Å². The van der Waals surface area contributed by atoms with E-state index in [1.54, 1.807) is 6.08 Å². The number of unbranched alkanes of at least 4 members (excludes halogenated alkanes) is 15. The molecule has 0 amide bonds. The van der Waals surface area contributed by atoms with E-state index < -0.39 is 32.5 Å². The van der Waals surface area contributed by atoms with Crippen LogP contribution in [0.25, 0.3) is 0 Å². The van der Waals surface area contributed by atoms with Gasteiger partial charge in [0.25, 0.3) is 7.82 Å². The van der Waals surface area contributed by atoms with Gasteiger partial charge in [0.15, 0.2) is 11.9 Å². The maximum absolute atomic E-state index is 12.6. The number of nitrogens with zero attached hydrogens (tertiary/aromatic N) is 1. The minimum atomic E-state index is -4.69. The van der Waals surface area contributed by atoms with Crippen LogP contribution in [0.2, 0.25) is 0 Å². The second-order valence-corrected chi connectivity index (χ2v) is 16.8. The van der Waals surface area contributed by atoms with Crippen molar-refractivity contribution in [2.24, 2.45) is 0 Å². The highest BCUT2D eigenvalue weighted by Gasteiger charge is 2.22. The smallest absolute Gasteiger partial charge is 0.306 e. The fourth-order valence-electron chi connectivity index (χ4n) is 5.43. The van der Waals surface area contributed by atoms with Gasteiger partial charge in [0.2, 0.25) is 0 Å². The lowest BCUT2D eigenvalue weighted by atomic mass is 10.0. The number of quaternary nitrogens is 1. The molecule has 0 saturated heterocycles. The summed E-state index contributed by atoms with van der Waals surface area (Å²) in [7, 11) is 1.02. The molecule has 11 heteroatoms. The Bertz CT molecular complexity index is 1140. The Kier molecular flexibility index (Phi) is 34.5. The molecule has 0 aliphatic carbocycles. The average Bonchev–Trinajstić information content (AvgIpc) is 3.12. The lowest BCUT2D eigenvalue weighted by molar-refractivity contribution is -0.870. The molecular formula is C44H78NO9P. The van der Waals surface area contributed by atoms with Gasteiger partial charge in [0, 0.05) is 19.3 Å². The highest BCUT2D eigenvalue weighted by molar-refractivity contribution is 7.45. The monoisotopic (exact) mass is 796 g/mol. The quantitative estimate of drug-likeness (QED) is 0.0114. The Morgan fingerprint density at radius 3 is 1.78 bits per heavy atom. The number of esters is 2. The fourth-order valence-corrected chi connectivity index (χ4v) is 6.16. The third-order valence-electron chi connectivity index (χ3n) is 8.83. The number of carbonyl (C=O) groups excluding carboxylic acids is 3. The zero-order valence-electron chi connectivity index (χ0n) is 35.4. The third kappa shape index (κ3) is 39.7. The largest absolute Gasteiger partial charge is 0.756 e. The first kappa shape index (κ1) is 52.6. The van der Waals surface area contributed by atoms with Crippen LogP contribution in [0.15, 0.2) is 48.6 Å². The molecule has 0 heterocycles. The van der Waals surface area contributed by atoms with Crippen LogP contribution in [0.4, 0.5) is 0 Å². The molecule has 0 aromatic carbocycles. The molecule has 0 aromatic heterocycles. The summed E-state index contributed by atoms with van der Waals surface area (Å²) >= 11 is 0. The van der Waals surface area contributed by atoms with E-state index in [1.165, 1.54) is 83.1 Å². The van der Waals surface area contributed by atoms with Crippen LogP contribution in [0.5, 0.6) is 0 Å². The number of phosphoric ester groups is 1. The van der Waals surface area contributed by atoms with Crippen LogP contribution in [-0.2, 0) is 37.5 Å². The topological polar surface area (TPSA) is 128 Å². The molecule has 318 valence electrons. The first-order valence-corrected chi connectivity index (χ1v) is 22.8. The number of phosphoric acid groups is 1. The van der Waals surface area contributed by atoms with Crippen LogP contribution >= 0.6 is 7.82 Å². The van der Waals surface area contributed by atoms with Gasteiger partial charge in [-0.05, 0) is 44.6 Å². The van der Waals surface area contributed by atoms with Crippen molar-refractivity contribution >= 4 is 25.5 Å². The number of ketones is 1. The highest BCUT2D eigenvalue weighted by Crippen LogP contribution is 2.38. The van der Waals surface area contributed by atoms with E-state index in [1.807, 2.05) is 33.3 Å². The van der Waals surface area contributed by atoms with Crippen molar-refractivity contribution in [3.8, 4) is 0 Å². The minimum absolute atomic E-state index is 0.0638. The molecule has 0 rings (SSSR count). The predicted molar refractivity (Wildman–Crippen MR) is 222 cm³/mol. The molecule has 0 N–H and O–H groups in total. The van der Waals surface area contributed by atoms with Crippen LogP contribution in [-0.4, -0.2) is 75.8 Å². The standard InChI is InChI=1S/C44H78NO9P/c1-6-8-10-12-14-16-18-20-22-24-26-28-30-33-41(46)34-32-36-44(48)54-42(40-53-55(49,50)52-38-37-45(3,4)5)39-51-43(47)35-31-29-27-25-23-21-19-17-15-13-11-9-7-2/h14,16,20,22,26,28,30,33,42H,6-13,15,17-19,21,23-25,27,29,31-32,34-40H2,1-5H3/b16-14-,22-20-,28-26-,33-30+/t42-/m1/s1. The SMILES string of the molecule is CCCCC/C=C\C/C=C\C/C=C\C=C\C(=O)CCCC(=O)O[C@H](COC(=O)CCCCCCCCCCCCCCC)COP(=O)([O-])OCC[N+](C)(C)C. The molecule has 0 bridgehead atoms. The van der Waals surface area contributed by atoms with Crippen LogP contribution in [0.3, 0.4) is 0 Å². The lowest BCUT2D eigenvalue weighted by Gasteiger charge is -2.28. The summed E-state index contributed by atoms with van der Waals surface area (Å²) in [5.41, 5.74) is 0. The normalized spacial score (nSPS) is 14.0. The van der Waals surface area contributed by atoms with E-state index in [0.717, 1.165) is 38.5 Å². The highest BCUT2D eigenvalue weighted by atomic mass is 31.2. The Balaban J connectivity index is 4.60. The zero-order chi connectivity index (χ0) is 40.9. The molecule has 0 spiro atoms. The average molecular weight is 796 g/mol. The van der Waals surface area contributed by atoms with Crippen molar-refractivity contribution in [2.45, 2.75) is 168 Å². The van der Waals surface area contributed by atoms with Crippen molar-refractivity contribution in [1.82, 2.24) is 0 Å². The van der Waals surface area contributed by atoms with E-state index in [4.69, 9.17) is 18.5 Å². The number of carbonyl (C=O) groups is 3. The number of hydrogen-bond acceptors (Lipinski definition) is 9. The molecule has 0 radical (unpaired) electrons. The van der Waals surface area contributed by atoms with E-state index >= 15 is 0 Å². The van der Waals surface area contributed by atoms with Gasteiger partial charge in [-0.25, -0.2) is 0 Å². The van der Waals surface area contributed by atoms with Crippen molar-refractivity contribution in [3.63, 3.8) is 0 Å². The van der Waals surface area contributed by atoms with Gasteiger partial charge < -0.3 is 27.9 Å². The Hall–Kier alpha value is -2.36. The molecule has 0 saturated carbocycles. The maximum atomic E-state index is 12.6. The van der Waals surface area contributed by atoms with Gasteiger partial charge in [-0.15, -0.1) is 0 Å². The molecule has 2 atom stereocenters. The van der Waals surface area contributed by atoms with Gasteiger partial charge in [-0.1, -0.05) is 146 Å². The molecule has 1 unspecified atom stereocenters. The summed E-state index contributed by atoms with van der Waals surface area (Å²) in [5.74, 6) is -1.21.